The molecule has 0 spiro atoms. The van der Waals surface area contributed by atoms with Gasteiger partial charge in [-0.3, -0.25) is 14.5 Å². The van der Waals surface area contributed by atoms with Crippen LogP contribution in [0.2, 0.25) is 5.02 Å². The summed E-state index contributed by atoms with van der Waals surface area (Å²) in [6, 6.07) is 12.7. The molecule has 0 aliphatic carbocycles. The lowest BCUT2D eigenvalue weighted by atomic mass is 10.0. The number of nitrogens with zero attached hydrogens (tertiary/aromatic N) is 1. The summed E-state index contributed by atoms with van der Waals surface area (Å²) in [6.45, 7) is 6.24. The maximum Gasteiger partial charge on any atom is 0.262 e. The van der Waals surface area contributed by atoms with Crippen molar-refractivity contribution in [3.8, 4) is 5.75 Å². The number of halogens is 1. The monoisotopic (exact) mass is 401 g/mol. The van der Waals surface area contributed by atoms with E-state index in [1.165, 1.54) is 0 Å². The van der Waals surface area contributed by atoms with Crippen LogP contribution in [0.4, 0.5) is 5.69 Å². The molecule has 148 valence electrons. The van der Waals surface area contributed by atoms with Crippen molar-refractivity contribution in [2.24, 2.45) is 0 Å². The summed E-state index contributed by atoms with van der Waals surface area (Å²) in [4.78, 5) is 26.3. The molecular weight excluding hydrogens is 378 g/mol. The number of rotatable bonds is 7. The third-order valence-corrected chi connectivity index (χ3v) is 5.19. The standard InChI is InChI=1S/C21H24ClN3O3/c1-3-25(4-2)18(15-7-5-6-8-16(15)22)12-23-21(27)14-9-10-17-19(11-14)28-13-20(26)24-17/h5-11,18H,3-4,12-13H2,1-2H3,(H,23,27)(H,24,26). The molecule has 2 N–H and O–H groups in total. The number of nitrogens with one attached hydrogen (secondary N) is 2. The maximum absolute atomic E-state index is 12.7. The molecule has 0 aromatic heterocycles. The van der Waals surface area contributed by atoms with Crippen molar-refractivity contribution in [1.29, 1.82) is 0 Å². The second-order valence-corrected chi connectivity index (χ2v) is 6.92. The van der Waals surface area contributed by atoms with E-state index in [-0.39, 0.29) is 24.5 Å². The van der Waals surface area contributed by atoms with Gasteiger partial charge in [-0.2, -0.15) is 0 Å². The summed E-state index contributed by atoms with van der Waals surface area (Å²) >= 11 is 6.41. The minimum atomic E-state index is -0.202. The first-order chi connectivity index (χ1) is 13.5. The van der Waals surface area contributed by atoms with Gasteiger partial charge in [-0.15, -0.1) is 0 Å². The first-order valence-corrected chi connectivity index (χ1v) is 9.74. The Morgan fingerprint density at radius 3 is 2.71 bits per heavy atom. The van der Waals surface area contributed by atoms with E-state index in [9.17, 15) is 9.59 Å². The predicted octanol–water partition coefficient (Wildman–Crippen LogP) is 3.48. The van der Waals surface area contributed by atoms with E-state index in [0.717, 1.165) is 18.7 Å². The Hall–Kier alpha value is -2.57. The van der Waals surface area contributed by atoms with Crippen molar-refractivity contribution in [3.05, 3.63) is 58.6 Å². The van der Waals surface area contributed by atoms with Crippen molar-refractivity contribution in [2.75, 3.05) is 31.6 Å². The third-order valence-electron chi connectivity index (χ3n) is 4.85. The Kier molecular flexibility index (Phi) is 6.54. The summed E-state index contributed by atoms with van der Waals surface area (Å²) in [7, 11) is 0. The highest BCUT2D eigenvalue weighted by atomic mass is 35.5. The minimum absolute atomic E-state index is 0.0270. The van der Waals surface area contributed by atoms with E-state index in [2.05, 4.69) is 29.4 Å². The fourth-order valence-electron chi connectivity index (χ4n) is 3.35. The van der Waals surface area contributed by atoms with Crippen LogP contribution in [0.3, 0.4) is 0 Å². The van der Waals surface area contributed by atoms with Crippen LogP contribution in [-0.2, 0) is 4.79 Å². The van der Waals surface area contributed by atoms with Gasteiger partial charge in [0.05, 0.1) is 11.7 Å². The summed E-state index contributed by atoms with van der Waals surface area (Å²) < 4.78 is 5.39. The van der Waals surface area contributed by atoms with E-state index in [1.54, 1.807) is 18.2 Å². The van der Waals surface area contributed by atoms with Crippen molar-refractivity contribution >= 4 is 29.1 Å². The van der Waals surface area contributed by atoms with Gasteiger partial charge in [-0.1, -0.05) is 43.6 Å². The SMILES string of the molecule is CCN(CC)C(CNC(=O)c1ccc2c(c1)OCC(=O)N2)c1ccccc1Cl. The second-order valence-electron chi connectivity index (χ2n) is 6.52. The summed E-state index contributed by atoms with van der Waals surface area (Å²) in [5.41, 5.74) is 2.04. The van der Waals surface area contributed by atoms with E-state index in [4.69, 9.17) is 16.3 Å². The van der Waals surface area contributed by atoms with Crippen LogP contribution in [0, 0.1) is 0 Å². The molecular formula is C21H24ClN3O3. The Morgan fingerprint density at radius 2 is 2.00 bits per heavy atom. The van der Waals surface area contributed by atoms with E-state index in [1.807, 2.05) is 24.3 Å². The molecule has 6 nitrogen and oxygen atoms in total. The van der Waals surface area contributed by atoms with Crippen LogP contribution < -0.4 is 15.4 Å². The molecule has 1 heterocycles. The van der Waals surface area contributed by atoms with Gasteiger partial charge in [0, 0.05) is 17.1 Å². The fraction of sp³-hybridized carbons (Fsp3) is 0.333. The van der Waals surface area contributed by atoms with Crippen LogP contribution in [0.5, 0.6) is 5.75 Å². The molecule has 0 saturated heterocycles. The molecule has 1 aliphatic rings. The molecule has 1 unspecified atom stereocenters. The second kappa shape index (κ2) is 9.08. The molecule has 2 amide bonds. The van der Waals surface area contributed by atoms with Gasteiger partial charge in [-0.05, 0) is 42.9 Å². The molecule has 0 radical (unpaired) electrons. The number of anilines is 1. The van der Waals surface area contributed by atoms with Crippen molar-refractivity contribution < 1.29 is 14.3 Å². The van der Waals surface area contributed by atoms with Gasteiger partial charge < -0.3 is 15.4 Å². The highest BCUT2D eigenvalue weighted by molar-refractivity contribution is 6.31. The lowest BCUT2D eigenvalue weighted by Crippen LogP contribution is -2.38. The molecule has 0 bridgehead atoms. The lowest BCUT2D eigenvalue weighted by molar-refractivity contribution is -0.118. The smallest absolute Gasteiger partial charge is 0.262 e. The van der Waals surface area contributed by atoms with Crippen LogP contribution in [0.15, 0.2) is 42.5 Å². The third kappa shape index (κ3) is 4.46. The topological polar surface area (TPSA) is 70.7 Å². The molecule has 7 heteroatoms. The zero-order valence-corrected chi connectivity index (χ0v) is 16.8. The average Bonchev–Trinajstić information content (AvgIpc) is 2.71. The number of fused-ring (bicyclic) bond motifs is 1. The van der Waals surface area contributed by atoms with Gasteiger partial charge in [0.15, 0.2) is 6.61 Å². The van der Waals surface area contributed by atoms with Crippen LogP contribution in [0.25, 0.3) is 0 Å². The summed E-state index contributed by atoms with van der Waals surface area (Å²) in [5.74, 6) is 0.0951. The number of benzene rings is 2. The van der Waals surface area contributed by atoms with Gasteiger partial charge >= 0.3 is 0 Å². The first kappa shape index (κ1) is 20.2. The van der Waals surface area contributed by atoms with Crippen molar-refractivity contribution in [3.63, 3.8) is 0 Å². The molecule has 0 saturated carbocycles. The van der Waals surface area contributed by atoms with Crippen LogP contribution in [0.1, 0.15) is 35.8 Å². The van der Waals surface area contributed by atoms with Crippen molar-refractivity contribution in [2.45, 2.75) is 19.9 Å². The van der Waals surface area contributed by atoms with Gasteiger partial charge in [0.2, 0.25) is 0 Å². The first-order valence-electron chi connectivity index (χ1n) is 9.36. The maximum atomic E-state index is 12.7. The molecule has 1 aliphatic heterocycles. The number of likely N-dealkylation sites (N-methyl/N-ethyl adjacent to an activating group) is 1. The van der Waals surface area contributed by atoms with Gasteiger partial charge in [-0.25, -0.2) is 0 Å². The largest absolute Gasteiger partial charge is 0.482 e. The Labute approximate surface area is 169 Å². The summed E-state index contributed by atoms with van der Waals surface area (Å²) in [6.07, 6.45) is 0. The van der Waals surface area contributed by atoms with Crippen molar-refractivity contribution in [1.82, 2.24) is 10.2 Å². The molecule has 0 fully saturated rings. The summed E-state index contributed by atoms with van der Waals surface area (Å²) in [5, 5.41) is 6.41. The van der Waals surface area contributed by atoms with Gasteiger partial charge in [0.25, 0.3) is 11.8 Å². The highest BCUT2D eigenvalue weighted by Gasteiger charge is 2.22. The Bertz CT molecular complexity index is 868. The number of carbonyl (C=O) groups is 2. The highest BCUT2D eigenvalue weighted by Crippen LogP contribution is 2.29. The average molecular weight is 402 g/mol. The predicted molar refractivity (Wildman–Crippen MR) is 110 cm³/mol. The number of amides is 2. The molecule has 1 atom stereocenters. The fourth-order valence-corrected chi connectivity index (χ4v) is 3.61. The minimum Gasteiger partial charge on any atom is -0.482 e. The number of ether oxygens (including phenoxy) is 1. The zero-order valence-electron chi connectivity index (χ0n) is 16.0. The Balaban J connectivity index is 1.75. The lowest BCUT2D eigenvalue weighted by Gasteiger charge is -2.31. The van der Waals surface area contributed by atoms with Crippen LogP contribution in [-0.4, -0.2) is 43.0 Å². The van der Waals surface area contributed by atoms with E-state index in [0.29, 0.717) is 28.6 Å². The molecule has 2 aromatic rings. The van der Waals surface area contributed by atoms with Gasteiger partial charge in [0.1, 0.15) is 5.75 Å². The number of hydrogen-bond acceptors (Lipinski definition) is 4. The molecule has 28 heavy (non-hydrogen) atoms. The van der Waals surface area contributed by atoms with E-state index >= 15 is 0 Å². The molecule has 3 rings (SSSR count). The Morgan fingerprint density at radius 1 is 1.25 bits per heavy atom. The van der Waals surface area contributed by atoms with E-state index < -0.39 is 0 Å². The molecule has 2 aromatic carbocycles. The quantitative estimate of drug-likeness (QED) is 0.745. The van der Waals surface area contributed by atoms with Crippen LogP contribution >= 0.6 is 11.6 Å². The normalized spacial score (nSPS) is 14.1. The number of hydrogen-bond donors (Lipinski definition) is 2. The number of carbonyl (C=O) groups excluding carboxylic acids is 2. The zero-order chi connectivity index (χ0) is 20.1.